The van der Waals surface area contributed by atoms with Crippen LogP contribution in [0.2, 0.25) is 5.02 Å². The van der Waals surface area contributed by atoms with Crippen molar-refractivity contribution >= 4 is 17.5 Å². The molecule has 1 N–H and O–H groups in total. The normalized spacial score (nSPS) is 12.4. The molecule has 0 spiro atoms. The number of hydrogen-bond donors (Lipinski definition) is 1. The number of carbonyl (C=O) groups excluding carboxylic acids is 1. The lowest BCUT2D eigenvalue weighted by Gasteiger charge is -2.14. The molecule has 2 heterocycles. The maximum absolute atomic E-state index is 12.1. The molecule has 2 aromatic rings. The zero-order chi connectivity index (χ0) is 16.3. The van der Waals surface area contributed by atoms with Crippen LogP contribution >= 0.6 is 11.6 Å². The Morgan fingerprint density at radius 1 is 1.45 bits per heavy atom. The van der Waals surface area contributed by atoms with E-state index in [-0.39, 0.29) is 18.5 Å². The number of rotatable bonds is 6. The van der Waals surface area contributed by atoms with Crippen LogP contribution in [-0.4, -0.2) is 26.3 Å². The summed E-state index contributed by atoms with van der Waals surface area (Å²) in [5.74, 6) is -0.0401. The Balaban J connectivity index is 1.83. The van der Waals surface area contributed by atoms with E-state index in [9.17, 15) is 4.79 Å². The predicted molar refractivity (Wildman–Crippen MR) is 88.0 cm³/mol. The highest BCUT2D eigenvalue weighted by Crippen LogP contribution is 2.18. The van der Waals surface area contributed by atoms with E-state index in [2.05, 4.69) is 21.0 Å². The van der Waals surface area contributed by atoms with Crippen LogP contribution in [-0.2, 0) is 24.8 Å². The summed E-state index contributed by atoms with van der Waals surface area (Å²) in [6.07, 6.45) is 3.88. The number of aryl methyl sites for hydroxylation is 3. The molecule has 0 radical (unpaired) electrons. The summed E-state index contributed by atoms with van der Waals surface area (Å²) in [5.41, 5.74) is 2.85. The zero-order valence-corrected chi connectivity index (χ0v) is 14.3. The molecule has 0 saturated carbocycles. The molecule has 0 aliphatic rings. The molecule has 6 heteroatoms. The van der Waals surface area contributed by atoms with E-state index in [1.54, 1.807) is 4.68 Å². The number of nitrogens with zero attached hydrogens (tertiary/aromatic N) is 3. The Bertz CT molecular complexity index is 659. The van der Waals surface area contributed by atoms with Crippen molar-refractivity contribution in [3.05, 3.63) is 40.4 Å². The van der Waals surface area contributed by atoms with Crippen LogP contribution in [0.4, 0.5) is 0 Å². The summed E-state index contributed by atoms with van der Waals surface area (Å²) in [5, 5.41) is 7.92. The van der Waals surface area contributed by atoms with Crippen molar-refractivity contribution in [3.8, 4) is 0 Å². The third-order valence-corrected chi connectivity index (χ3v) is 4.43. The minimum atomic E-state index is -0.0401. The minimum absolute atomic E-state index is 0.0401. The largest absolute Gasteiger partial charge is 0.354 e. The van der Waals surface area contributed by atoms with Gasteiger partial charge in [0.25, 0.3) is 0 Å². The lowest BCUT2D eigenvalue weighted by atomic mass is 10.1. The minimum Gasteiger partial charge on any atom is -0.354 e. The van der Waals surface area contributed by atoms with E-state index in [1.807, 2.05) is 40.1 Å². The second-order valence-electron chi connectivity index (χ2n) is 5.76. The molecule has 0 bridgehead atoms. The third-order valence-electron chi connectivity index (χ3n) is 3.88. The fraction of sp³-hybridized carbons (Fsp3) is 0.500. The van der Waals surface area contributed by atoms with E-state index in [0.717, 1.165) is 24.2 Å². The van der Waals surface area contributed by atoms with Gasteiger partial charge >= 0.3 is 0 Å². The highest BCUT2D eigenvalue weighted by atomic mass is 35.5. The fourth-order valence-electron chi connectivity index (χ4n) is 2.48. The molecule has 0 aliphatic carbocycles. The first-order valence-corrected chi connectivity index (χ1v) is 7.85. The van der Waals surface area contributed by atoms with Gasteiger partial charge in [-0.1, -0.05) is 11.6 Å². The van der Waals surface area contributed by atoms with Gasteiger partial charge in [-0.2, -0.15) is 5.10 Å². The molecule has 120 valence electrons. The van der Waals surface area contributed by atoms with E-state index < -0.39 is 0 Å². The van der Waals surface area contributed by atoms with Crippen molar-refractivity contribution in [1.29, 1.82) is 0 Å². The second kappa shape index (κ2) is 7.01. The van der Waals surface area contributed by atoms with Gasteiger partial charge in [-0.15, -0.1) is 0 Å². The molecular weight excluding hydrogens is 300 g/mol. The Labute approximate surface area is 136 Å². The van der Waals surface area contributed by atoms with Gasteiger partial charge in [0, 0.05) is 25.0 Å². The van der Waals surface area contributed by atoms with Crippen molar-refractivity contribution in [2.75, 3.05) is 0 Å². The lowest BCUT2D eigenvalue weighted by molar-refractivity contribution is -0.122. The topological polar surface area (TPSA) is 51.9 Å². The lowest BCUT2D eigenvalue weighted by Crippen LogP contribution is -2.35. The maximum Gasteiger partial charge on any atom is 0.241 e. The number of aromatic nitrogens is 3. The highest BCUT2D eigenvalue weighted by Gasteiger charge is 2.14. The summed E-state index contributed by atoms with van der Waals surface area (Å²) in [6.45, 7) is 5.93. The summed E-state index contributed by atoms with van der Waals surface area (Å²) in [4.78, 5) is 12.1. The second-order valence-corrected chi connectivity index (χ2v) is 6.14. The van der Waals surface area contributed by atoms with Gasteiger partial charge in [0.2, 0.25) is 5.91 Å². The van der Waals surface area contributed by atoms with Crippen LogP contribution in [0.25, 0.3) is 0 Å². The van der Waals surface area contributed by atoms with Gasteiger partial charge in [-0.3, -0.25) is 9.48 Å². The first kappa shape index (κ1) is 16.6. The number of hydrogen-bond acceptors (Lipinski definition) is 2. The summed E-state index contributed by atoms with van der Waals surface area (Å²) >= 11 is 6.09. The Morgan fingerprint density at radius 2 is 2.18 bits per heavy atom. The first-order chi connectivity index (χ1) is 10.4. The predicted octanol–water partition coefficient (Wildman–Crippen LogP) is 2.63. The Hall–Kier alpha value is -1.75. The molecular formula is C16H23ClN4O. The van der Waals surface area contributed by atoms with Crippen LogP contribution in [0.1, 0.15) is 30.4 Å². The van der Waals surface area contributed by atoms with E-state index in [0.29, 0.717) is 5.02 Å². The molecule has 0 aliphatic heterocycles. The van der Waals surface area contributed by atoms with E-state index in [1.165, 1.54) is 5.69 Å². The summed E-state index contributed by atoms with van der Waals surface area (Å²) in [7, 11) is 2.03. The van der Waals surface area contributed by atoms with E-state index >= 15 is 0 Å². The maximum atomic E-state index is 12.1. The number of carbonyl (C=O) groups is 1. The summed E-state index contributed by atoms with van der Waals surface area (Å²) < 4.78 is 3.75. The molecule has 1 unspecified atom stereocenters. The van der Waals surface area contributed by atoms with Crippen LogP contribution in [0, 0.1) is 13.8 Å². The molecule has 2 aromatic heterocycles. The molecule has 2 rings (SSSR count). The monoisotopic (exact) mass is 322 g/mol. The molecule has 5 nitrogen and oxygen atoms in total. The van der Waals surface area contributed by atoms with Gasteiger partial charge in [-0.05, 0) is 45.7 Å². The standard InChI is InChI=1S/C16H23ClN4O/c1-11(7-8-14-6-5-9-20(14)4)18-15(22)10-21-13(3)16(17)12(2)19-21/h5-6,9,11H,7-8,10H2,1-4H3,(H,18,22). The Morgan fingerprint density at radius 3 is 2.73 bits per heavy atom. The first-order valence-electron chi connectivity index (χ1n) is 7.47. The van der Waals surface area contributed by atoms with Crippen molar-refractivity contribution in [1.82, 2.24) is 19.7 Å². The number of halogens is 1. The number of nitrogens with one attached hydrogen (secondary N) is 1. The van der Waals surface area contributed by atoms with Crippen LogP contribution in [0.15, 0.2) is 18.3 Å². The highest BCUT2D eigenvalue weighted by molar-refractivity contribution is 6.31. The van der Waals surface area contributed by atoms with Crippen LogP contribution in [0.3, 0.4) is 0 Å². The van der Waals surface area contributed by atoms with Gasteiger partial charge in [-0.25, -0.2) is 0 Å². The van der Waals surface area contributed by atoms with E-state index in [4.69, 9.17) is 11.6 Å². The van der Waals surface area contributed by atoms with Crippen molar-refractivity contribution in [2.24, 2.45) is 7.05 Å². The van der Waals surface area contributed by atoms with Crippen LogP contribution in [0.5, 0.6) is 0 Å². The smallest absolute Gasteiger partial charge is 0.241 e. The zero-order valence-electron chi connectivity index (χ0n) is 13.6. The molecule has 0 saturated heterocycles. The number of amides is 1. The average Bonchev–Trinajstić information content (AvgIpc) is 2.96. The fourth-order valence-corrected chi connectivity index (χ4v) is 2.61. The molecule has 0 fully saturated rings. The quantitative estimate of drug-likeness (QED) is 0.889. The van der Waals surface area contributed by atoms with Crippen molar-refractivity contribution < 1.29 is 4.79 Å². The van der Waals surface area contributed by atoms with Gasteiger partial charge in [0.1, 0.15) is 6.54 Å². The summed E-state index contributed by atoms with van der Waals surface area (Å²) in [6, 6.07) is 4.26. The SMILES string of the molecule is Cc1nn(CC(=O)NC(C)CCc2cccn2C)c(C)c1Cl. The molecule has 0 aromatic carbocycles. The third kappa shape index (κ3) is 3.91. The van der Waals surface area contributed by atoms with Gasteiger partial charge in [0.15, 0.2) is 0 Å². The molecule has 22 heavy (non-hydrogen) atoms. The molecule has 1 amide bonds. The van der Waals surface area contributed by atoms with Gasteiger partial charge < -0.3 is 9.88 Å². The average molecular weight is 323 g/mol. The molecule has 1 atom stereocenters. The van der Waals surface area contributed by atoms with Crippen LogP contribution < -0.4 is 5.32 Å². The van der Waals surface area contributed by atoms with Gasteiger partial charge in [0.05, 0.1) is 16.4 Å². The Kier molecular flexibility index (Phi) is 5.29. The van der Waals surface area contributed by atoms with Crippen molar-refractivity contribution in [2.45, 2.75) is 46.2 Å². The van der Waals surface area contributed by atoms with Crippen molar-refractivity contribution in [3.63, 3.8) is 0 Å².